The number of fused-ring (bicyclic) bond motifs is 1. The molecule has 0 spiro atoms. The standard InChI is InChI=1S/C14H17BrClFN2S/c1-3-9(8-20-2)19-13-6-10(15)11(17)7-12(13)18-14(19)4-5-16/h6-7,9H,3-5,8H2,1-2H3. The Balaban J connectivity index is 2.63. The number of nitrogens with zero attached hydrogens (tertiary/aromatic N) is 2. The molecule has 0 bridgehead atoms. The average Bonchev–Trinajstić information content (AvgIpc) is 2.74. The first-order valence-corrected chi connectivity index (χ1v) is 9.25. The van der Waals surface area contributed by atoms with E-state index >= 15 is 0 Å². The molecule has 0 saturated heterocycles. The van der Waals surface area contributed by atoms with Crippen LogP contribution in [0.1, 0.15) is 25.2 Å². The molecule has 2 aromatic rings. The molecule has 110 valence electrons. The summed E-state index contributed by atoms with van der Waals surface area (Å²) in [5, 5.41) is 0. The minimum Gasteiger partial charge on any atom is -0.324 e. The van der Waals surface area contributed by atoms with Crippen molar-refractivity contribution < 1.29 is 4.39 Å². The van der Waals surface area contributed by atoms with Gasteiger partial charge in [-0.15, -0.1) is 11.6 Å². The maximum atomic E-state index is 13.7. The van der Waals surface area contributed by atoms with E-state index in [-0.39, 0.29) is 5.82 Å². The van der Waals surface area contributed by atoms with E-state index in [2.05, 4.69) is 38.7 Å². The third-order valence-electron chi connectivity index (χ3n) is 3.32. The number of hydrogen-bond donors (Lipinski definition) is 0. The van der Waals surface area contributed by atoms with Crippen LogP contribution in [-0.4, -0.2) is 27.4 Å². The molecule has 1 aromatic heterocycles. The third-order valence-corrected chi connectivity index (χ3v) is 4.83. The molecule has 0 fully saturated rings. The number of alkyl halides is 1. The molecule has 1 heterocycles. The van der Waals surface area contributed by atoms with Crippen molar-refractivity contribution in [3.63, 3.8) is 0 Å². The molecule has 0 aliphatic carbocycles. The molecule has 6 heteroatoms. The zero-order valence-corrected chi connectivity index (χ0v) is 14.7. The van der Waals surface area contributed by atoms with Gasteiger partial charge in [-0.05, 0) is 34.7 Å². The van der Waals surface area contributed by atoms with Gasteiger partial charge in [-0.3, -0.25) is 0 Å². The van der Waals surface area contributed by atoms with E-state index in [9.17, 15) is 4.39 Å². The molecule has 0 aliphatic heterocycles. The number of aromatic nitrogens is 2. The lowest BCUT2D eigenvalue weighted by atomic mass is 10.2. The number of thioether (sulfide) groups is 1. The predicted octanol–water partition coefficient (Wildman–Crippen LogP) is 5.03. The van der Waals surface area contributed by atoms with Crippen LogP contribution in [0.3, 0.4) is 0 Å². The largest absolute Gasteiger partial charge is 0.324 e. The van der Waals surface area contributed by atoms with Crippen molar-refractivity contribution >= 4 is 50.3 Å². The average molecular weight is 380 g/mol. The van der Waals surface area contributed by atoms with Crippen molar-refractivity contribution in [1.29, 1.82) is 0 Å². The van der Waals surface area contributed by atoms with Gasteiger partial charge in [-0.2, -0.15) is 11.8 Å². The molecular formula is C14H17BrClFN2S. The van der Waals surface area contributed by atoms with E-state index in [0.29, 0.717) is 28.3 Å². The van der Waals surface area contributed by atoms with Gasteiger partial charge in [0.25, 0.3) is 0 Å². The number of halogens is 3. The molecule has 0 aliphatic rings. The molecular weight excluding hydrogens is 363 g/mol. The van der Waals surface area contributed by atoms with Crippen molar-refractivity contribution in [2.75, 3.05) is 17.9 Å². The van der Waals surface area contributed by atoms with E-state index < -0.39 is 0 Å². The first-order valence-electron chi connectivity index (χ1n) is 6.53. The maximum absolute atomic E-state index is 13.7. The van der Waals surface area contributed by atoms with Gasteiger partial charge in [0.05, 0.1) is 15.5 Å². The summed E-state index contributed by atoms with van der Waals surface area (Å²) in [6, 6.07) is 3.66. The van der Waals surface area contributed by atoms with Crippen LogP contribution in [0.25, 0.3) is 11.0 Å². The second kappa shape index (κ2) is 7.14. The summed E-state index contributed by atoms with van der Waals surface area (Å²) in [6.07, 6.45) is 3.80. The van der Waals surface area contributed by atoms with Crippen LogP contribution in [0.15, 0.2) is 16.6 Å². The van der Waals surface area contributed by atoms with Crippen molar-refractivity contribution in [3.05, 3.63) is 28.2 Å². The summed E-state index contributed by atoms with van der Waals surface area (Å²) in [5.41, 5.74) is 1.67. The quantitative estimate of drug-likeness (QED) is 0.655. The van der Waals surface area contributed by atoms with E-state index in [1.807, 2.05) is 17.8 Å². The van der Waals surface area contributed by atoms with Crippen LogP contribution in [0.2, 0.25) is 0 Å². The topological polar surface area (TPSA) is 17.8 Å². The van der Waals surface area contributed by atoms with Crippen molar-refractivity contribution in [1.82, 2.24) is 9.55 Å². The van der Waals surface area contributed by atoms with Crippen molar-refractivity contribution in [2.45, 2.75) is 25.8 Å². The highest BCUT2D eigenvalue weighted by atomic mass is 79.9. The summed E-state index contributed by atoms with van der Waals surface area (Å²) in [6.45, 7) is 2.16. The molecule has 0 radical (unpaired) electrons. The number of imidazole rings is 1. The van der Waals surface area contributed by atoms with Gasteiger partial charge < -0.3 is 4.57 Å². The Bertz CT molecular complexity index is 602. The molecule has 0 amide bonds. The summed E-state index contributed by atoms with van der Waals surface area (Å²) < 4.78 is 16.4. The Morgan fingerprint density at radius 1 is 1.50 bits per heavy atom. The molecule has 0 saturated carbocycles. The molecule has 20 heavy (non-hydrogen) atoms. The van der Waals surface area contributed by atoms with Crippen molar-refractivity contribution in [2.24, 2.45) is 0 Å². The highest BCUT2D eigenvalue weighted by Crippen LogP contribution is 2.29. The summed E-state index contributed by atoms with van der Waals surface area (Å²) in [7, 11) is 0. The molecule has 0 N–H and O–H groups in total. The third kappa shape index (κ3) is 3.15. The lowest BCUT2D eigenvalue weighted by Crippen LogP contribution is -2.14. The number of benzene rings is 1. The van der Waals surface area contributed by atoms with Gasteiger partial charge in [0.15, 0.2) is 0 Å². The summed E-state index contributed by atoms with van der Waals surface area (Å²) in [4.78, 5) is 4.56. The molecule has 1 unspecified atom stereocenters. The Morgan fingerprint density at radius 3 is 2.85 bits per heavy atom. The van der Waals surface area contributed by atoms with Gasteiger partial charge >= 0.3 is 0 Å². The fourth-order valence-corrected chi connectivity index (χ4v) is 3.65. The number of aryl methyl sites for hydroxylation is 1. The highest BCUT2D eigenvalue weighted by Gasteiger charge is 2.18. The minimum atomic E-state index is -0.280. The van der Waals surface area contributed by atoms with Crippen LogP contribution in [0.4, 0.5) is 4.39 Å². The molecule has 1 atom stereocenters. The van der Waals surface area contributed by atoms with E-state index in [4.69, 9.17) is 11.6 Å². The first kappa shape index (κ1) is 16.1. The lowest BCUT2D eigenvalue weighted by Gasteiger charge is -2.19. The fourth-order valence-electron chi connectivity index (χ4n) is 2.38. The van der Waals surface area contributed by atoms with E-state index in [1.54, 1.807) is 0 Å². The second-order valence-electron chi connectivity index (χ2n) is 4.61. The summed E-state index contributed by atoms with van der Waals surface area (Å²) in [5.74, 6) is 2.18. The molecule has 1 aromatic carbocycles. The minimum absolute atomic E-state index is 0.280. The van der Waals surface area contributed by atoms with E-state index in [1.165, 1.54) is 6.07 Å². The van der Waals surface area contributed by atoms with Crippen molar-refractivity contribution in [3.8, 4) is 0 Å². The smallest absolute Gasteiger partial charge is 0.139 e. The predicted molar refractivity (Wildman–Crippen MR) is 89.5 cm³/mol. The van der Waals surface area contributed by atoms with Crippen LogP contribution in [0, 0.1) is 5.82 Å². The molecule has 2 nitrogen and oxygen atoms in total. The number of rotatable bonds is 6. The van der Waals surface area contributed by atoms with Gasteiger partial charge in [-0.1, -0.05) is 6.92 Å². The lowest BCUT2D eigenvalue weighted by molar-refractivity contribution is 0.533. The van der Waals surface area contributed by atoms with E-state index in [0.717, 1.165) is 23.5 Å². The number of hydrogen-bond acceptors (Lipinski definition) is 2. The SMILES string of the molecule is CCC(CSC)n1c(CCCl)nc2cc(F)c(Br)cc21. The Labute approximate surface area is 136 Å². The molecule has 2 rings (SSSR count). The van der Waals surface area contributed by atoms with Gasteiger partial charge in [0, 0.05) is 30.2 Å². The van der Waals surface area contributed by atoms with Crippen LogP contribution < -0.4 is 0 Å². The second-order valence-corrected chi connectivity index (χ2v) is 6.75. The summed E-state index contributed by atoms with van der Waals surface area (Å²) >= 11 is 11.0. The van der Waals surface area contributed by atoms with Crippen LogP contribution in [-0.2, 0) is 6.42 Å². The van der Waals surface area contributed by atoms with Gasteiger partial charge in [0.2, 0.25) is 0 Å². The van der Waals surface area contributed by atoms with Crippen LogP contribution >= 0.6 is 39.3 Å². The Hall–Kier alpha value is -0.260. The zero-order chi connectivity index (χ0) is 14.7. The maximum Gasteiger partial charge on any atom is 0.139 e. The highest BCUT2D eigenvalue weighted by molar-refractivity contribution is 9.10. The Kier molecular flexibility index (Phi) is 5.75. The van der Waals surface area contributed by atoms with Gasteiger partial charge in [-0.25, -0.2) is 9.37 Å². The normalized spacial score (nSPS) is 13.1. The van der Waals surface area contributed by atoms with Crippen LogP contribution in [0.5, 0.6) is 0 Å². The van der Waals surface area contributed by atoms with Gasteiger partial charge in [0.1, 0.15) is 11.6 Å². The first-order chi connectivity index (χ1) is 9.62. The monoisotopic (exact) mass is 378 g/mol. The fraction of sp³-hybridized carbons (Fsp3) is 0.500. The zero-order valence-electron chi connectivity index (χ0n) is 11.5. The Morgan fingerprint density at radius 2 is 2.25 bits per heavy atom.